The van der Waals surface area contributed by atoms with E-state index in [0.717, 1.165) is 11.1 Å². The quantitative estimate of drug-likeness (QED) is 0.580. The summed E-state index contributed by atoms with van der Waals surface area (Å²) in [6, 6.07) is 19.3. The number of hydrogen-bond donors (Lipinski definition) is 0. The molecule has 1 aliphatic heterocycles. The Bertz CT molecular complexity index is 721. The van der Waals surface area contributed by atoms with Gasteiger partial charge in [-0.15, -0.1) is 0 Å². The highest BCUT2D eigenvalue weighted by Gasteiger charge is 2.70. The molecule has 0 aromatic heterocycles. The molecule has 3 rings (SSSR count). The summed E-state index contributed by atoms with van der Waals surface area (Å²) in [5.74, 6) is 0. The van der Waals surface area contributed by atoms with Gasteiger partial charge in [0, 0.05) is 14.2 Å². The number of rotatable bonds is 6. The molecule has 23 heavy (non-hydrogen) atoms. The Hall–Kier alpha value is -1.71. The monoisotopic (exact) mass is 330 g/mol. The van der Waals surface area contributed by atoms with E-state index in [-0.39, 0.29) is 6.10 Å². The standard InChI is InChI=1S/C18H19O4P/c1-20-23(19,21-2)18(16-11-7-4-8-12-16)17(22-18)14-13-15-9-5-3-6-10-15/h3-14,17H,1-2H3/b14-13+/t17-,18+/m1/s1. The maximum Gasteiger partial charge on any atom is 0.369 e. The van der Waals surface area contributed by atoms with Gasteiger partial charge < -0.3 is 13.8 Å². The highest BCUT2D eigenvalue weighted by molar-refractivity contribution is 7.55. The number of ether oxygens (including phenoxy) is 1. The van der Waals surface area contributed by atoms with Crippen LogP contribution in [0.25, 0.3) is 6.08 Å². The Kier molecular flexibility index (Phi) is 4.51. The lowest BCUT2D eigenvalue weighted by molar-refractivity contribution is 0.229. The first-order chi connectivity index (χ1) is 11.2. The van der Waals surface area contributed by atoms with Crippen LogP contribution in [0.4, 0.5) is 0 Å². The third-order valence-electron chi connectivity index (χ3n) is 3.97. The SMILES string of the molecule is COP(=O)(OC)[C@]1(c2ccccc2)O[C@@H]1/C=C/c1ccccc1. The van der Waals surface area contributed by atoms with Crippen molar-refractivity contribution < 1.29 is 18.3 Å². The molecule has 1 saturated heterocycles. The Morgan fingerprint density at radius 1 is 1.00 bits per heavy atom. The molecule has 1 aliphatic rings. The zero-order chi connectivity index (χ0) is 16.3. The molecular formula is C18H19O4P. The van der Waals surface area contributed by atoms with E-state index in [9.17, 15) is 4.57 Å². The van der Waals surface area contributed by atoms with Crippen LogP contribution in [0.2, 0.25) is 0 Å². The van der Waals surface area contributed by atoms with Gasteiger partial charge in [-0.1, -0.05) is 72.8 Å². The van der Waals surface area contributed by atoms with Gasteiger partial charge in [0.15, 0.2) is 0 Å². The summed E-state index contributed by atoms with van der Waals surface area (Å²) < 4.78 is 29.4. The summed E-state index contributed by atoms with van der Waals surface area (Å²) in [7, 11) is -0.679. The van der Waals surface area contributed by atoms with Crippen LogP contribution >= 0.6 is 7.60 Å². The zero-order valence-corrected chi connectivity index (χ0v) is 14.0. The first-order valence-corrected chi connectivity index (χ1v) is 8.89. The zero-order valence-electron chi connectivity index (χ0n) is 13.1. The van der Waals surface area contributed by atoms with Gasteiger partial charge in [0.2, 0.25) is 5.34 Å². The van der Waals surface area contributed by atoms with Gasteiger partial charge in [0.25, 0.3) is 0 Å². The van der Waals surface area contributed by atoms with Crippen molar-refractivity contribution in [1.29, 1.82) is 0 Å². The number of hydrogen-bond acceptors (Lipinski definition) is 4. The molecule has 0 spiro atoms. The Labute approximate surface area is 136 Å². The molecule has 0 amide bonds. The van der Waals surface area contributed by atoms with Gasteiger partial charge in [-0.3, -0.25) is 4.57 Å². The van der Waals surface area contributed by atoms with Gasteiger partial charge >= 0.3 is 7.60 Å². The van der Waals surface area contributed by atoms with Crippen molar-refractivity contribution in [3.8, 4) is 0 Å². The second kappa shape index (κ2) is 6.42. The smallest absolute Gasteiger partial charge is 0.344 e. The van der Waals surface area contributed by atoms with Gasteiger partial charge in [-0.2, -0.15) is 0 Å². The largest absolute Gasteiger partial charge is 0.369 e. The molecule has 0 unspecified atom stereocenters. The average Bonchev–Trinajstić information content (AvgIpc) is 3.37. The molecule has 0 N–H and O–H groups in total. The van der Waals surface area contributed by atoms with Crippen LogP contribution in [-0.2, 0) is 23.7 Å². The normalized spacial score (nSPS) is 24.0. The molecule has 0 aliphatic carbocycles. The van der Waals surface area contributed by atoms with Crippen molar-refractivity contribution in [3.63, 3.8) is 0 Å². The number of benzene rings is 2. The maximum atomic E-state index is 13.1. The summed E-state index contributed by atoms with van der Waals surface area (Å²) in [6.07, 6.45) is 3.48. The Balaban J connectivity index is 1.95. The maximum absolute atomic E-state index is 13.1. The van der Waals surface area contributed by atoms with E-state index in [1.54, 1.807) is 0 Å². The van der Waals surface area contributed by atoms with Crippen LogP contribution in [0.15, 0.2) is 66.7 Å². The molecule has 5 heteroatoms. The van der Waals surface area contributed by atoms with Crippen molar-refractivity contribution in [2.75, 3.05) is 14.2 Å². The summed E-state index contributed by atoms with van der Waals surface area (Å²) >= 11 is 0. The first kappa shape index (κ1) is 16.2. The fourth-order valence-electron chi connectivity index (χ4n) is 2.73. The molecule has 0 bridgehead atoms. The van der Waals surface area contributed by atoms with E-state index in [2.05, 4.69) is 0 Å². The minimum atomic E-state index is -3.45. The van der Waals surface area contributed by atoms with Crippen LogP contribution in [-0.4, -0.2) is 20.3 Å². The molecule has 2 aromatic rings. The molecule has 120 valence electrons. The molecule has 0 saturated carbocycles. The van der Waals surface area contributed by atoms with E-state index in [4.69, 9.17) is 13.8 Å². The Morgan fingerprint density at radius 2 is 1.57 bits per heavy atom. The van der Waals surface area contributed by atoms with Crippen LogP contribution in [0.1, 0.15) is 11.1 Å². The van der Waals surface area contributed by atoms with Crippen molar-refractivity contribution in [1.82, 2.24) is 0 Å². The van der Waals surface area contributed by atoms with E-state index in [0.29, 0.717) is 0 Å². The molecule has 2 atom stereocenters. The van der Waals surface area contributed by atoms with Crippen molar-refractivity contribution in [3.05, 3.63) is 77.9 Å². The van der Waals surface area contributed by atoms with Gasteiger partial charge in [-0.25, -0.2) is 0 Å². The minimum Gasteiger partial charge on any atom is -0.344 e. The third-order valence-corrected chi connectivity index (χ3v) is 6.37. The van der Waals surface area contributed by atoms with Crippen molar-refractivity contribution in [2.45, 2.75) is 11.4 Å². The summed E-state index contributed by atoms with van der Waals surface area (Å²) in [6.45, 7) is 0. The second-order valence-corrected chi connectivity index (χ2v) is 7.62. The predicted octanol–water partition coefficient (Wildman–Crippen LogP) is 4.44. The molecular weight excluding hydrogens is 311 g/mol. The third kappa shape index (κ3) is 2.79. The van der Waals surface area contributed by atoms with Crippen molar-refractivity contribution >= 4 is 13.7 Å². The summed E-state index contributed by atoms with van der Waals surface area (Å²) in [4.78, 5) is 0. The molecule has 4 nitrogen and oxygen atoms in total. The van der Waals surface area contributed by atoms with Crippen molar-refractivity contribution in [2.24, 2.45) is 0 Å². The summed E-state index contributed by atoms with van der Waals surface area (Å²) in [5.41, 5.74) is 1.84. The lowest BCUT2D eigenvalue weighted by atomic mass is 10.1. The number of epoxide rings is 1. The molecule has 0 radical (unpaired) electrons. The predicted molar refractivity (Wildman–Crippen MR) is 90.1 cm³/mol. The van der Waals surface area contributed by atoms with E-state index >= 15 is 0 Å². The van der Waals surface area contributed by atoms with Crippen LogP contribution in [0, 0.1) is 0 Å². The molecule has 1 heterocycles. The topological polar surface area (TPSA) is 48.1 Å². The van der Waals surface area contributed by atoms with E-state index < -0.39 is 12.9 Å². The summed E-state index contributed by atoms with van der Waals surface area (Å²) in [5, 5.41) is -1.08. The fraction of sp³-hybridized carbons (Fsp3) is 0.222. The first-order valence-electron chi connectivity index (χ1n) is 7.34. The van der Waals surface area contributed by atoms with E-state index in [1.165, 1.54) is 14.2 Å². The second-order valence-electron chi connectivity index (χ2n) is 5.23. The highest BCUT2D eigenvalue weighted by Crippen LogP contribution is 2.74. The van der Waals surface area contributed by atoms with Gasteiger partial charge in [-0.05, 0) is 11.1 Å². The van der Waals surface area contributed by atoms with Crippen LogP contribution in [0.3, 0.4) is 0 Å². The Morgan fingerprint density at radius 3 is 2.13 bits per heavy atom. The fourth-order valence-corrected chi connectivity index (χ4v) is 4.52. The van der Waals surface area contributed by atoms with E-state index in [1.807, 2.05) is 72.8 Å². The highest BCUT2D eigenvalue weighted by atomic mass is 31.2. The lowest BCUT2D eigenvalue weighted by Crippen LogP contribution is -2.15. The average molecular weight is 330 g/mol. The molecule has 1 fully saturated rings. The van der Waals surface area contributed by atoms with Gasteiger partial charge in [0.1, 0.15) is 6.10 Å². The van der Waals surface area contributed by atoms with Crippen LogP contribution < -0.4 is 0 Å². The molecule has 2 aromatic carbocycles. The van der Waals surface area contributed by atoms with Gasteiger partial charge in [0.05, 0.1) is 0 Å². The minimum absolute atomic E-state index is 0.365. The van der Waals surface area contributed by atoms with Crippen LogP contribution in [0.5, 0.6) is 0 Å². The lowest BCUT2D eigenvalue weighted by Gasteiger charge is -2.21.